The first-order valence-electron chi connectivity index (χ1n) is 9.81. The molecule has 4 rings (SSSR count). The van der Waals surface area contributed by atoms with Gasteiger partial charge >= 0.3 is 17.8 Å². The van der Waals surface area contributed by atoms with Crippen molar-refractivity contribution in [3.8, 4) is 0 Å². The monoisotopic (exact) mass is 460 g/mol. The zero-order valence-corrected chi connectivity index (χ0v) is 17.7. The predicted octanol–water partition coefficient (Wildman–Crippen LogP) is 0.104. The van der Waals surface area contributed by atoms with E-state index in [2.05, 4.69) is 0 Å². The maximum Gasteiger partial charge on any atom is 0.335 e. The van der Waals surface area contributed by atoms with Crippen molar-refractivity contribution in [2.45, 2.75) is 11.4 Å². The Balaban J connectivity index is 1.36. The molecule has 1 aromatic heterocycles. The number of carbonyl (C=O) groups excluding carboxylic acids is 4. The molecule has 0 spiro atoms. The van der Waals surface area contributed by atoms with E-state index in [0.717, 1.165) is 4.90 Å². The molecule has 0 radical (unpaired) electrons. The summed E-state index contributed by atoms with van der Waals surface area (Å²) in [5, 5.41) is 0. The molecule has 0 bridgehead atoms. The minimum Gasteiger partial charge on any atom is -0.467 e. The van der Waals surface area contributed by atoms with Crippen molar-refractivity contribution in [2.75, 3.05) is 32.7 Å². The largest absolute Gasteiger partial charge is 0.467 e. The third kappa shape index (κ3) is 4.01. The molecule has 2 aromatic rings. The number of nitrogens with zero attached hydrogens (tertiary/aromatic N) is 4. The minimum absolute atomic E-state index is 0.0778. The van der Waals surface area contributed by atoms with Gasteiger partial charge in [0.2, 0.25) is 15.9 Å². The summed E-state index contributed by atoms with van der Waals surface area (Å²) in [5.41, 5.74) is 0. The molecular formula is C20H20N4O7S. The lowest BCUT2D eigenvalue weighted by Crippen LogP contribution is -2.53. The van der Waals surface area contributed by atoms with Gasteiger partial charge < -0.3 is 9.32 Å². The Morgan fingerprint density at radius 2 is 1.53 bits per heavy atom. The van der Waals surface area contributed by atoms with Crippen LogP contribution in [0.4, 0.5) is 4.79 Å². The van der Waals surface area contributed by atoms with Gasteiger partial charge in [-0.2, -0.15) is 4.31 Å². The molecule has 11 nitrogen and oxygen atoms in total. The van der Waals surface area contributed by atoms with Gasteiger partial charge in [-0.1, -0.05) is 18.2 Å². The van der Waals surface area contributed by atoms with Crippen LogP contribution in [0.2, 0.25) is 0 Å². The van der Waals surface area contributed by atoms with Crippen LogP contribution in [0, 0.1) is 0 Å². The number of hydrogen-bond donors (Lipinski definition) is 0. The van der Waals surface area contributed by atoms with Crippen LogP contribution >= 0.6 is 0 Å². The second kappa shape index (κ2) is 8.55. The lowest BCUT2D eigenvalue weighted by Gasteiger charge is -2.34. The van der Waals surface area contributed by atoms with Crippen molar-refractivity contribution in [3.05, 3.63) is 54.5 Å². The van der Waals surface area contributed by atoms with Crippen LogP contribution in [0.1, 0.15) is 5.76 Å². The zero-order chi connectivity index (χ0) is 22.9. The molecule has 2 aliphatic rings. The average Bonchev–Trinajstić information content (AvgIpc) is 3.39. The molecule has 12 heteroatoms. The normalized spacial score (nSPS) is 18.0. The van der Waals surface area contributed by atoms with Gasteiger partial charge in [0.05, 0.1) is 17.7 Å². The van der Waals surface area contributed by atoms with Crippen LogP contribution < -0.4 is 0 Å². The number of amides is 5. The molecule has 5 amide bonds. The topological polar surface area (TPSA) is 129 Å². The third-order valence-corrected chi connectivity index (χ3v) is 7.21. The lowest BCUT2D eigenvalue weighted by atomic mass is 10.3. The maximum absolute atomic E-state index is 12.7. The van der Waals surface area contributed by atoms with Gasteiger partial charge in [0.25, 0.3) is 0 Å². The van der Waals surface area contributed by atoms with Crippen molar-refractivity contribution in [2.24, 2.45) is 0 Å². The number of hydrogen-bond acceptors (Lipinski definition) is 7. The Hall–Kier alpha value is -3.51. The average molecular weight is 460 g/mol. The van der Waals surface area contributed by atoms with Crippen molar-refractivity contribution < 1.29 is 32.0 Å². The summed E-state index contributed by atoms with van der Waals surface area (Å²) >= 11 is 0. The highest BCUT2D eigenvalue weighted by atomic mass is 32.2. The van der Waals surface area contributed by atoms with Gasteiger partial charge in [-0.3, -0.25) is 14.4 Å². The smallest absolute Gasteiger partial charge is 0.335 e. The first-order valence-corrected chi connectivity index (χ1v) is 11.3. The van der Waals surface area contributed by atoms with Gasteiger partial charge in [0, 0.05) is 26.2 Å². The second-order valence-corrected chi connectivity index (χ2v) is 9.18. The number of imide groups is 2. The SMILES string of the molecule is O=C(CN1C(=O)C(=O)N(Cc2ccco2)C1=O)N1CCN(S(=O)(=O)c2ccccc2)CC1. The summed E-state index contributed by atoms with van der Waals surface area (Å²) in [5.74, 6) is -2.34. The molecule has 1 aromatic carbocycles. The van der Waals surface area contributed by atoms with E-state index in [-0.39, 0.29) is 37.6 Å². The highest BCUT2D eigenvalue weighted by Gasteiger charge is 2.46. The van der Waals surface area contributed by atoms with Crippen LogP contribution in [-0.2, 0) is 31.0 Å². The summed E-state index contributed by atoms with van der Waals surface area (Å²) in [6, 6.07) is 10.2. The van der Waals surface area contributed by atoms with Gasteiger partial charge in [-0.25, -0.2) is 23.0 Å². The van der Waals surface area contributed by atoms with Crippen LogP contribution in [-0.4, -0.2) is 83.9 Å². The van der Waals surface area contributed by atoms with Crippen molar-refractivity contribution >= 4 is 33.8 Å². The van der Waals surface area contributed by atoms with E-state index in [1.54, 1.807) is 30.3 Å². The van der Waals surface area contributed by atoms with Crippen LogP contribution in [0.5, 0.6) is 0 Å². The molecule has 0 aliphatic carbocycles. The molecule has 3 heterocycles. The lowest BCUT2D eigenvalue weighted by molar-refractivity contribution is -0.145. The van der Waals surface area contributed by atoms with Gasteiger partial charge in [0.1, 0.15) is 12.3 Å². The molecule has 0 N–H and O–H groups in total. The summed E-state index contributed by atoms with van der Waals surface area (Å²) in [7, 11) is -3.67. The molecule has 32 heavy (non-hydrogen) atoms. The maximum atomic E-state index is 12.7. The van der Waals surface area contributed by atoms with Crippen molar-refractivity contribution in [1.29, 1.82) is 0 Å². The van der Waals surface area contributed by atoms with Crippen LogP contribution in [0.3, 0.4) is 0 Å². The minimum atomic E-state index is -3.67. The van der Waals surface area contributed by atoms with Crippen molar-refractivity contribution in [1.82, 2.24) is 19.0 Å². The summed E-state index contributed by atoms with van der Waals surface area (Å²) in [4.78, 5) is 52.5. The highest BCUT2D eigenvalue weighted by molar-refractivity contribution is 7.89. The number of furan rings is 1. The molecular weight excluding hydrogens is 440 g/mol. The Morgan fingerprint density at radius 3 is 2.16 bits per heavy atom. The van der Waals surface area contributed by atoms with Gasteiger partial charge in [-0.15, -0.1) is 0 Å². The fourth-order valence-corrected chi connectivity index (χ4v) is 4.99. The standard InChI is InChI=1S/C20H20N4O7S/c25-17(14-24-19(27)18(26)23(20(24)28)13-15-5-4-12-31-15)21-8-10-22(11-9-21)32(29,30)16-6-2-1-3-7-16/h1-7,12H,8-11,13-14H2. The Labute approximate surface area is 183 Å². The van der Waals surface area contributed by atoms with E-state index in [4.69, 9.17) is 4.42 Å². The molecule has 0 unspecified atom stereocenters. The van der Waals surface area contributed by atoms with E-state index in [1.807, 2.05) is 0 Å². The van der Waals surface area contributed by atoms with Crippen molar-refractivity contribution in [3.63, 3.8) is 0 Å². The molecule has 0 saturated carbocycles. The van der Waals surface area contributed by atoms with E-state index in [9.17, 15) is 27.6 Å². The Bertz CT molecular complexity index is 1140. The summed E-state index contributed by atoms with van der Waals surface area (Å²) in [6.45, 7) is -0.445. The number of urea groups is 1. The number of carbonyl (C=O) groups is 4. The molecule has 2 aliphatic heterocycles. The Morgan fingerprint density at radius 1 is 0.875 bits per heavy atom. The summed E-state index contributed by atoms with van der Waals surface area (Å²) in [6.07, 6.45) is 1.38. The van der Waals surface area contributed by atoms with E-state index in [1.165, 1.54) is 27.6 Å². The zero-order valence-electron chi connectivity index (χ0n) is 16.9. The Kier molecular flexibility index (Phi) is 5.80. The van der Waals surface area contributed by atoms with Gasteiger partial charge in [-0.05, 0) is 24.3 Å². The van der Waals surface area contributed by atoms with Gasteiger partial charge in [0.15, 0.2) is 0 Å². The summed E-state index contributed by atoms with van der Waals surface area (Å²) < 4.78 is 31.8. The van der Waals surface area contributed by atoms with E-state index < -0.39 is 40.3 Å². The first kappa shape index (κ1) is 21.7. The third-order valence-electron chi connectivity index (χ3n) is 5.29. The number of sulfonamides is 1. The fourth-order valence-electron chi connectivity index (χ4n) is 3.54. The molecule has 0 atom stereocenters. The highest BCUT2D eigenvalue weighted by Crippen LogP contribution is 2.19. The van der Waals surface area contributed by atoms with Crippen LogP contribution in [0.15, 0.2) is 58.0 Å². The predicted molar refractivity (Wildman–Crippen MR) is 108 cm³/mol. The second-order valence-electron chi connectivity index (χ2n) is 7.24. The number of piperazine rings is 1. The number of rotatable bonds is 6. The molecule has 2 saturated heterocycles. The van der Waals surface area contributed by atoms with E-state index >= 15 is 0 Å². The first-order chi connectivity index (χ1) is 15.3. The fraction of sp³-hybridized carbons (Fsp3) is 0.300. The molecule has 2 fully saturated rings. The van der Waals surface area contributed by atoms with E-state index in [0.29, 0.717) is 10.7 Å². The molecule has 168 valence electrons. The quantitative estimate of drug-likeness (QED) is 0.442. The van der Waals surface area contributed by atoms with Crippen LogP contribution in [0.25, 0.3) is 0 Å². The number of benzene rings is 1.